The Labute approximate surface area is 161 Å². The van der Waals surface area contributed by atoms with E-state index in [1.807, 2.05) is 4.90 Å². The lowest BCUT2D eigenvalue weighted by Gasteiger charge is -2.16. The van der Waals surface area contributed by atoms with Gasteiger partial charge in [-0.1, -0.05) is 24.3 Å². The predicted octanol–water partition coefficient (Wildman–Crippen LogP) is 1.74. The molecule has 1 saturated heterocycles. The molecule has 2 N–H and O–H groups in total. The topological polar surface area (TPSA) is 66.0 Å². The maximum Gasteiger partial charge on any atom is 0.222 e. The number of guanidine groups is 1. The number of rotatable bonds is 7. The van der Waals surface area contributed by atoms with Gasteiger partial charge in [0.25, 0.3) is 0 Å². The summed E-state index contributed by atoms with van der Waals surface area (Å²) in [6.07, 6.45) is 1.67. The van der Waals surface area contributed by atoms with Crippen LogP contribution < -0.4 is 10.6 Å². The van der Waals surface area contributed by atoms with Crippen molar-refractivity contribution in [1.82, 2.24) is 15.5 Å². The zero-order valence-electron chi connectivity index (χ0n) is 14.4. The van der Waals surface area contributed by atoms with Crippen molar-refractivity contribution in [3.63, 3.8) is 0 Å². The molecule has 0 unspecified atom stereocenters. The first-order valence-electron chi connectivity index (χ1n) is 8.02. The van der Waals surface area contributed by atoms with Gasteiger partial charge in [-0.15, -0.1) is 24.0 Å². The summed E-state index contributed by atoms with van der Waals surface area (Å²) < 4.78 is 5.00. The number of hydrogen-bond acceptors (Lipinski definition) is 3. The maximum atomic E-state index is 11.7. The second kappa shape index (κ2) is 11.2. The van der Waals surface area contributed by atoms with Crippen molar-refractivity contribution in [1.29, 1.82) is 0 Å². The van der Waals surface area contributed by atoms with E-state index in [0.29, 0.717) is 26.1 Å². The maximum absolute atomic E-state index is 11.7. The number of likely N-dealkylation sites (tertiary alicyclic amines) is 1. The lowest BCUT2D eigenvalue weighted by molar-refractivity contribution is -0.128. The zero-order chi connectivity index (χ0) is 16.5. The Kier molecular flexibility index (Phi) is 9.70. The van der Waals surface area contributed by atoms with Crippen LogP contribution in [0.1, 0.15) is 24.0 Å². The predicted molar refractivity (Wildman–Crippen MR) is 107 cm³/mol. The summed E-state index contributed by atoms with van der Waals surface area (Å²) in [6.45, 7) is 3.66. The number of benzene rings is 1. The van der Waals surface area contributed by atoms with E-state index in [4.69, 9.17) is 4.74 Å². The van der Waals surface area contributed by atoms with Crippen LogP contribution in [0.2, 0.25) is 0 Å². The average molecular weight is 446 g/mol. The molecule has 1 aromatic rings. The van der Waals surface area contributed by atoms with Crippen LogP contribution in [0.25, 0.3) is 0 Å². The fraction of sp³-hybridized carbons (Fsp3) is 0.529. The third-order valence-corrected chi connectivity index (χ3v) is 3.85. The number of aliphatic imine (C=N–C) groups is 1. The number of nitrogens with zero attached hydrogens (tertiary/aromatic N) is 2. The molecule has 24 heavy (non-hydrogen) atoms. The normalized spacial score (nSPS) is 14.5. The van der Waals surface area contributed by atoms with Crippen molar-refractivity contribution in [2.24, 2.45) is 4.99 Å². The van der Waals surface area contributed by atoms with Gasteiger partial charge < -0.3 is 20.3 Å². The average Bonchev–Trinajstić information content (AvgIpc) is 2.97. The first-order chi connectivity index (χ1) is 11.2. The van der Waals surface area contributed by atoms with Crippen LogP contribution in [-0.4, -0.2) is 50.6 Å². The molecular formula is C17H27IN4O2. The van der Waals surface area contributed by atoms with Gasteiger partial charge in [-0.2, -0.15) is 0 Å². The van der Waals surface area contributed by atoms with Crippen molar-refractivity contribution in [2.75, 3.05) is 33.9 Å². The third-order valence-electron chi connectivity index (χ3n) is 3.85. The smallest absolute Gasteiger partial charge is 0.222 e. The summed E-state index contributed by atoms with van der Waals surface area (Å²) in [7, 11) is 3.42. The molecule has 1 aliphatic heterocycles. The number of methoxy groups -OCH3 is 1. The fourth-order valence-corrected chi connectivity index (χ4v) is 2.53. The lowest BCUT2D eigenvalue weighted by Crippen LogP contribution is -2.38. The summed E-state index contributed by atoms with van der Waals surface area (Å²) in [6, 6.07) is 8.35. The van der Waals surface area contributed by atoms with E-state index in [9.17, 15) is 4.79 Å². The first-order valence-corrected chi connectivity index (χ1v) is 8.02. The minimum absolute atomic E-state index is 0. The largest absolute Gasteiger partial charge is 0.383 e. The molecule has 1 aromatic carbocycles. The van der Waals surface area contributed by atoms with Crippen molar-refractivity contribution in [3.8, 4) is 0 Å². The van der Waals surface area contributed by atoms with Gasteiger partial charge in [-0.25, -0.2) is 0 Å². The number of carbonyl (C=O) groups excluding carboxylic acids is 1. The number of carbonyl (C=O) groups is 1. The molecule has 7 heteroatoms. The molecule has 0 saturated carbocycles. The van der Waals surface area contributed by atoms with Gasteiger partial charge in [0.2, 0.25) is 5.91 Å². The van der Waals surface area contributed by atoms with Crippen LogP contribution in [0.5, 0.6) is 0 Å². The van der Waals surface area contributed by atoms with Crippen molar-refractivity contribution < 1.29 is 9.53 Å². The summed E-state index contributed by atoms with van der Waals surface area (Å²) in [5, 5.41) is 6.44. The highest BCUT2D eigenvalue weighted by Crippen LogP contribution is 2.14. The molecule has 0 aromatic heterocycles. The van der Waals surface area contributed by atoms with Crippen molar-refractivity contribution in [2.45, 2.75) is 25.9 Å². The Hall–Kier alpha value is -1.35. The van der Waals surface area contributed by atoms with Crippen LogP contribution >= 0.6 is 24.0 Å². The zero-order valence-corrected chi connectivity index (χ0v) is 16.7. The van der Waals surface area contributed by atoms with E-state index < -0.39 is 0 Å². The Morgan fingerprint density at radius 1 is 1.25 bits per heavy atom. The van der Waals surface area contributed by atoms with Crippen LogP contribution in [0.15, 0.2) is 29.3 Å². The first kappa shape index (κ1) is 20.7. The molecule has 6 nitrogen and oxygen atoms in total. The van der Waals surface area contributed by atoms with Gasteiger partial charge in [0.1, 0.15) is 0 Å². The Bertz CT molecular complexity index is 534. The lowest BCUT2D eigenvalue weighted by atomic mass is 10.1. The summed E-state index contributed by atoms with van der Waals surface area (Å²) in [5.41, 5.74) is 2.35. The van der Waals surface area contributed by atoms with Crippen LogP contribution in [0.4, 0.5) is 0 Å². The SMILES string of the molecule is CN=C(NCCOC)NCc1ccc(CN2CCCC2=O)cc1.I. The molecule has 0 radical (unpaired) electrons. The van der Waals surface area contributed by atoms with Crippen LogP contribution in [-0.2, 0) is 22.6 Å². The van der Waals surface area contributed by atoms with Crippen molar-refractivity contribution >= 4 is 35.8 Å². The molecule has 1 aliphatic rings. The summed E-state index contributed by atoms with van der Waals surface area (Å²) in [5.74, 6) is 1.02. The molecule has 0 spiro atoms. The molecule has 2 rings (SSSR count). The molecule has 0 aliphatic carbocycles. The molecule has 0 atom stereocenters. The van der Waals surface area contributed by atoms with E-state index in [-0.39, 0.29) is 29.9 Å². The number of halogens is 1. The minimum Gasteiger partial charge on any atom is -0.383 e. The number of nitrogens with one attached hydrogen (secondary N) is 2. The number of hydrogen-bond donors (Lipinski definition) is 2. The van der Waals surface area contributed by atoms with Gasteiger partial charge in [0.15, 0.2) is 5.96 Å². The van der Waals surface area contributed by atoms with E-state index in [0.717, 1.165) is 25.5 Å². The van der Waals surface area contributed by atoms with Crippen molar-refractivity contribution in [3.05, 3.63) is 35.4 Å². The Morgan fingerprint density at radius 3 is 2.54 bits per heavy atom. The number of amides is 1. The van der Waals surface area contributed by atoms with Gasteiger partial charge in [0.05, 0.1) is 6.61 Å². The van der Waals surface area contributed by atoms with E-state index >= 15 is 0 Å². The number of ether oxygens (including phenoxy) is 1. The molecule has 1 heterocycles. The van der Waals surface area contributed by atoms with Gasteiger partial charge in [-0.3, -0.25) is 9.79 Å². The fourth-order valence-electron chi connectivity index (χ4n) is 2.53. The standard InChI is InChI=1S/C17H26N4O2.HI/c1-18-17(19-9-11-23-2)20-12-14-5-7-15(8-6-14)13-21-10-3-4-16(21)22;/h5-8H,3-4,9-13H2,1-2H3,(H2,18,19,20);1H. The second-order valence-electron chi connectivity index (χ2n) is 5.58. The van der Waals surface area contributed by atoms with E-state index in [2.05, 4.69) is 39.9 Å². The molecule has 134 valence electrons. The van der Waals surface area contributed by atoms with Gasteiger partial charge in [-0.05, 0) is 17.5 Å². The molecule has 0 bridgehead atoms. The second-order valence-corrected chi connectivity index (χ2v) is 5.58. The van der Waals surface area contributed by atoms with Gasteiger partial charge in [0, 0.05) is 46.8 Å². The quantitative estimate of drug-likeness (QED) is 0.290. The molecule has 1 amide bonds. The summed E-state index contributed by atoms with van der Waals surface area (Å²) >= 11 is 0. The highest BCUT2D eigenvalue weighted by Gasteiger charge is 2.19. The van der Waals surface area contributed by atoms with Gasteiger partial charge >= 0.3 is 0 Å². The molecular weight excluding hydrogens is 419 g/mol. The van der Waals surface area contributed by atoms with Crippen LogP contribution in [0.3, 0.4) is 0 Å². The molecule has 1 fully saturated rings. The van der Waals surface area contributed by atoms with E-state index in [1.165, 1.54) is 11.1 Å². The summed E-state index contributed by atoms with van der Waals surface area (Å²) in [4.78, 5) is 17.7. The van der Waals surface area contributed by atoms with E-state index in [1.54, 1.807) is 14.2 Å². The highest BCUT2D eigenvalue weighted by atomic mass is 127. The monoisotopic (exact) mass is 446 g/mol. The Morgan fingerprint density at radius 2 is 1.96 bits per heavy atom. The Balaban J connectivity index is 0.00000288. The highest BCUT2D eigenvalue weighted by molar-refractivity contribution is 14.0. The minimum atomic E-state index is 0. The van der Waals surface area contributed by atoms with Crippen LogP contribution in [0, 0.1) is 0 Å². The third kappa shape index (κ3) is 6.64.